The van der Waals surface area contributed by atoms with Crippen LogP contribution in [0.5, 0.6) is 5.75 Å². The summed E-state index contributed by atoms with van der Waals surface area (Å²) in [5.74, 6) is -1.28. The molecule has 1 aliphatic rings. The Kier molecular flexibility index (Phi) is 4.12. The van der Waals surface area contributed by atoms with Crippen molar-refractivity contribution in [1.29, 1.82) is 0 Å². The second-order valence-electron chi connectivity index (χ2n) is 6.19. The van der Waals surface area contributed by atoms with E-state index in [1.807, 2.05) is 0 Å². The van der Waals surface area contributed by atoms with Crippen LogP contribution in [0.15, 0.2) is 60.7 Å². The average molecular weight is 390 g/mol. The SMILES string of the molecule is O=C(Oc1ccccc1)c1cc([N+](=O)[O-])cc2c1-c1ccc([N+](=O)[O-])cc1C2=O. The molecule has 0 saturated carbocycles. The minimum Gasteiger partial charge on any atom is -0.423 e. The van der Waals surface area contributed by atoms with Gasteiger partial charge in [0.1, 0.15) is 5.75 Å². The van der Waals surface area contributed by atoms with Crippen LogP contribution in [-0.2, 0) is 0 Å². The molecule has 9 heteroatoms. The topological polar surface area (TPSA) is 130 Å². The monoisotopic (exact) mass is 390 g/mol. The van der Waals surface area contributed by atoms with Gasteiger partial charge in [-0.25, -0.2) is 4.79 Å². The van der Waals surface area contributed by atoms with Gasteiger partial charge in [-0.3, -0.25) is 25.0 Å². The van der Waals surface area contributed by atoms with Crippen LogP contribution < -0.4 is 4.74 Å². The molecule has 0 aliphatic heterocycles. The van der Waals surface area contributed by atoms with Gasteiger partial charge in [0, 0.05) is 41.0 Å². The summed E-state index contributed by atoms with van der Waals surface area (Å²) in [6, 6.07) is 13.8. The number of nitrogens with zero attached hydrogens (tertiary/aromatic N) is 2. The average Bonchev–Trinajstić information content (AvgIpc) is 3.00. The van der Waals surface area contributed by atoms with Gasteiger partial charge < -0.3 is 4.74 Å². The number of ether oxygens (including phenoxy) is 1. The first-order valence-electron chi connectivity index (χ1n) is 8.30. The van der Waals surface area contributed by atoms with Crippen molar-refractivity contribution >= 4 is 23.1 Å². The first-order valence-corrected chi connectivity index (χ1v) is 8.30. The maximum Gasteiger partial charge on any atom is 0.344 e. The number of esters is 1. The number of hydrogen-bond acceptors (Lipinski definition) is 7. The van der Waals surface area contributed by atoms with E-state index in [9.17, 15) is 29.8 Å². The predicted molar refractivity (Wildman–Crippen MR) is 100 cm³/mol. The summed E-state index contributed by atoms with van der Waals surface area (Å²) in [4.78, 5) is 46.5. The number of fused-ring (bicyclic) bond motifs is 3. The smallest absolute Gasteiger partial charge is 0.344 e. The van der Waals surface area contributed by atoms with Crippen LogP contribution in [0.4, 0.5) is 11.4 Å². The molecule has 0 atom stereocenters. The maximum atomic E-state index is 12.8. The lowest BCUT2D eigenvalue weighted by Crippen LogP contribution is -2.11. The highest BCUT2D eigenvalue weighted by Crippen LogP contribution is 2.42. The lowest BCUT2D eigenvalue weighted by molar-refractivity contribution is -0.385. The van der Waals surface area contributed by atoms with Crippen molar-refractivity contribution in [3.63, 3.8) is 0 Å². The molecule has 0 bridgehead atoms. The third-order valence-electron chi connectivity index (χ3n) is 4.48. The van der Waals surface area contributed by atoms with Gasteiger partial charge in [-0.05, 0) is 23.8 Å². The zero-order chi connectivity index (χ0) is 20.7. The number of nitro benzene ring substituents is 2. The second-order valence-corrected chi connectivity index (χ2v) is 6.19. The minimum absolute atomic E-state index is 0.00320. The van der Waals surface area contributed by atoms with Gasteiger partial charge in [-0.15, -0.1) is 0 Å². The van der Waals surface area contributed by atoms with E-state index in [2.05, 4.69) is 0 Å². The van der Waals surface area contributed by atoms with Crippen LogP contribution in [0.3, 0.4) is 0 Å². The first kappa shape index (κ1) is 18.0. The molecule has 0 amide bonds. The molecule has 0 radical (unpaired) electrons. The fourth-order valence-electron chi connectivity index (χ4n) is 3.21. The Morgan fingerprint density at radius 1 is 0.793 bits per heavy atom. The number of para-hydroxylation sites is 1. The standard InChI is InChI=1S/C20H10N2O7/c23-19-15-8-11(21(25)26)6-7-14(15)18-16(19)9-12(22(27)28)10-17(18)20(24)29-13-4-2-1-3-5-13/h1-10H. The normalized spacial score (nSPS) is 11.5. The minimum atomic E-state index is -0.879. The Labute approximate surface area is 162 Å². The molecule has 29 heavy (non-hydrogen) atoms. The van der Waals surface area contributed by atoms with Crippen molar-refractivity contribution in [3.8, 4) is 16.9 Å². The molecular weight excluding hydrogens is 380 g/mol. The molecule has 0 fully saturated rings. The Morgan fingerprint density at radius 3 is 2.10 bits per heavy atom. The quantitative estimate of drug-likeness (QED) is 0.223. The molecule has 9 nitrogen and oxygen atoms in total. The number of carbonyl (C=O) groups excluding carboxylic acids is 2. The number of non-ortho nitro benzene ring substituents is 2. The highest BCUT2D eigenvalue weighted by Gasteiger charge is 2.35. The molecule has 0 N–H and O–H groups in total. The molecule has 3 aromatic carbocycles. The fourth-order valence-corrected chi connectivity index (χ4v) is 3.21. The van der Waals surface area contributed by atoms with Crippen LogP contribution in [-0.4, -0.2) is 21.6 Å². The first-order chi connectivity index (χ1) is 13.9. The highest BCUT2D eigenvalue weighted by atomic mass is 16.6. The summed E-state index contributed by atoms with van der Waals surface area (Å²) in [5, 5.41) is 22.3. The summed E-state index contributed by atoms with van der Waals surface area (Å²) >= 11 is 0. The summed E-state index contributed by atoms with van der Waals surface area (Å²) in [6.45, 7) is 0. The van der Waals surface area contributed by atoms with Gasteiger partial charge >= 0.3 is 5.97 Å². The molecule has 0 saturated heterocycles. The number of rotatable bonds is 4. The van der Waals surface area contributed by atoms with Crippen molar-refractivity contribution in [2.24, 2.45) is 0 Å². The predicted octanol–water partition coefficient (Wildman–Crippen LogP) is 3.93. The largest absolute Gasteiger partial charge is 0.423 e. The zero-order valence-corrected chi connectivity index (χ0v) is 14.5. The Morgan fingerprint density at radius 2 is 1.45 bits per heavy atom. The van der Waals surface area contributed by atoms with E-state index < -0.39 is 27.3 Å². The lowest BCUT2D eigenvalue weighted by atomic mass is 9.98. The number of ketones is 1. The van der Waals surface area contributed by atoms with E-state index in [0.29, 0.717) is 0 Å². The summed E-state index contributed by atoms with van der Waals surface area (Å²) in [5.41, 5.74) is -0.554. The van der Waals surface area contributed by atoms with E-state index in [1.165, 1.54) is 24.3 Å². The van der Waals surface area contributed by atoms with Gasteiger partial charge in [0.15, 0.2) is 5.78 Å². The van der Waals surface area contributed by atoms with Gasteiger partial charge in [-0.2, -0.15) is 0 Å². The summed E-state index contributed by atoms with van der Waals surface area (Å²) in [6.07, 6.45) is 0. The molecule has 3 aromatic rings. The van der Waals surface area contributed by atoms with E-state index in [0.717, 1.165) is 18.2 Å². The van der Waals surface area contributed by atoms with Crippen LogP contribution in [0.2, 0.25) is 0 Å². The van der Waals surface area contributed by atoms with Crippen LogP contribution in [0.1, 0.15) is 26.3 Å². The van der Waals surface area contributed by atoms with E-state index >= 15 is 0 Å². The molecule has 4 rings (SSSR count). The van der Waals surface area contributed by atoms with E-state index in [1.54, 1.807) is 18.2 Å². The van der Waals surface area contributed by atoms with Crippen molar-refractivity contribution in [2.45, 2.75) is 0 Å². The molecule has 142 valence electrons. The van der Waals surface area contributed by atoms with Gasteiger partial charge in [0.25, 0.3) is 11.4 Å². The van der Waals surface area contributed by atoms with Gasteiger partial charge in [-0.1, -0.05) is 18.2 Å². The fraction of sp³-hybridized carbons (Fsp3) is 0. The van der Waals surface area contributed by atoms with Crippen LogP contribution in [0, 0.1) is 20.2 Å². The lowest BCUT2D eigenvalue weighted by Gasteiger charge is -2.09. The molecule has 1 aliphatic carbocycles. The molecule has 0 aromatic heterocycles. The van der Waals surface area contributed by atoms with Crippen LogP contribution >= 0.6 is 0 Å². The number of benzene rings is 3. The van der Waals surface area contributed by atoms with Crippen LogP contribution in [0.25, 0.3) is 11.1 Å². The molecular formula is C20H10N2O7. The molecule has 0 unspecified atom stereocenters. The second kappa shape index (κ2) is 6.64. The van der Waals surface area contributed by atoms with Gasteiger partial charge in [0.2, 0.25) is 0 Å². The third-order valence-corrected chi connectivity index (χ3v) is 4.48. The molecule has 0 spiro atoms. The number of nitro groups is 2. The molecule has 0 heterocycles. The van der Waals surface area contributed by atoms with E-state index in [4.69, 9.17) is 4.74 Å². The highest BCUT2D eigenvalue weighted by molar-refractivity contribution is 6.25. The van der Waals surface area contributed by atoms with E-state index in [-0.39, 0.29) is 39.3 Å². The zero-order valence-electron chi connectivity index (χ0n) is 14.5. The Hall–Kier alpha value is -4.40. The summed E-state index contributed by atoms with van der Waals surface area (Å²) in [7, 11) is 0. The van der Waals surface area contributed by atoms with Crippen molar-refractivity contribution in [1.82, 2.24) is 0 Å². The van der Waals surface area contributed by atoms with Gasteiger partial charge in [0.05, 0.1) is 15.4 Å². The number of carbonyl (C=O) groups is 2. The number of hydrogen-bond donors (Lipinski definition) is 0. The van der Waals surface area contributed by atoms with Crippen molar-refractivity contribution in [2.75, 3.05) is 0 Å². The summed E-state index contributed by atoms with van der Waals surface area (Å²) < 4.78 is 5.29. The van der Waals surface area contributed by atoms with Crippen molar-refractivity contribution < 1.29 is 24.2 Å². The maximum absolute atomic E-state index is 12.8. The Balaban J connectivity index is 1.90. The Bertz CT molecular complexity index is 1220. The van der Waals surface area contributed by atoms with Crippen molar-refractivity contribution in [3.05, 3.63) is 97.6 Å². The third kappa shape index (κ3) is 3.00.